The molecule has 90 valence electrons. The molecule has 0 radical (unpaired) electrons. The van der Waals surface area contributed by atoms with Crippen LogP contribution in [0, 0.1) is 16.0 Å². The zero-order valence-electron chi connectivity index (χ0n) is 9.00. The average molecular weight is 236 g/mol. The maximum Gasteiger partial charge on any atom is 0.269 e. The molecule has 1 aliphatic carbocycles. The summed E-state index contributed by atoms with van der Waals surface area (Å²) in [6, 6.07) is 5.85. The summed E-state index contributed by atoms with van der Waals surface area (Å²) in [5, 5.41) is 19.8. The quantitative estimate of drug-likeness (QED) is 0.580. The molecule has 0 unspecified atom stereocenters. The Balaban J connectivity index is 2.43. The number of hydrogen-bond donors (Lipinski definition) is 2. The normalized spacial score (nSPS) is 26.5. The Bertz CT molecular complexity index is 488. The minimum atomic E-state index is -0.930. The minimum Gasteiger partial charge on any atom is -0.396 e. The Labute approximate surface area is 97.2 Å². The highest BCUT2D eigenvalue weighted by Gasteiger charge is 2.59. The third-order valence-corrected chi connectivity index (χ3v) is 3.34. The number of carbonyl (C=O) groups is 1. The Morgan fingerprint density at radius 3 is 2.82 bits per heavy atom. The molecule has 2 rings (SSSR count). The van der Waals surface area contributed by atoms with Gasteiger partial charge in [0.25, 0.3) is 5.69 Å². The molecule has 3 N–H and O–H groups in total. The Morgan fingerprint density at radius 2 is 2.35 bits per heavy atom. The largest absolute Gasteiger partial charge is 0.396 e. The number of nitro groups is 1. The van der Waals surface area contributed by atoms with Gasteiger partial charge in [0.2, 0.25) is 5.91 Å². The molecule has 6 nitrogen and oxygen atoms in total. The minimum absolute atomic E-state index is 0.0771. The lowest BCUT2D eigenvalue weighted by Gasteiger charge is -2.12. The molecule has 1 aliphatic rings. The maximum atomic E-state index is 11.5. The van der Waals surface area contributed by atoms with Gasteiger partial charge in [-0.25, -0.2) is 0 Å². The van der Waals surface area contributed by atoms with Gasteiger partial charge in [0.1, 0.15) is 0 Å². The topological polar surface area (TPSA) is 106 Å². The average Bonchev–Trinajstić information content (AvgIpc) is 3.05. The van der Waals surface area contributed by atoms with Crippen LogP contribution >= 0.6 is 0 Å². The second-order valence-electron chi connectivity index (χ2n) is 4.23. The van der Waals surface area contributed by atoms with Gasteiger partial charge in [-0.1, -0.05) is 12.1 Å². The number of nitrogens with zero attached hydrogens (tertiary/aromatic N) is 1. The SMILES string of the molecule is NC(=O)[C@@]1(c2cccc([N+](=O)[O-])c2)C[C@H]1CO. The van der Waals surface area contributed by atoms with Gasteiger partial charge in [0.15, 0.2) is 0 Å². The van der Waals surface area contributed by atoms with E-state index in [2.05, 4.69) is 0 Å². The zero-order valence-corrected chi connectivity index (χ0v) is 9.00. The van der Waals surface area contributed by atoms with Gasteiger partial charge in [-0.3, -0.25) is 14.9 Å². The number of carbonyl (C=O) groups excluding carboxylic acids is 1. The molecule has 0 aliphatic heterocycles. The van der Waals surface area contributed by atoms with Crippen LogP contribution < -0.4 is 5.73 Å². The number of primary amides is 1. The number of non-ortho nitro benzene ring substituents is 1. The van der Waals surface area contributed by atoms with Gasteiger partial charge >= 0.3 is 0 Å². The number of nitro benzene ring substituents is 1. The number of benzene rings is 1. The third kappa shape index (κ3) is 1.66. The molecule has 1 saturated carbocycles. The van der Waals surface area contributed by atoms with E-state index in [1.165, 1.54) is 18.2 Å². The molecule has 0 bridgehead atoms. The van der Waals surface area contributed by atoms with E-state index in [0.29, 0.717) is 12.0 Å². The van der Waals surface area contributed by atoms with Gasteiger partial charge in [0.05, 0.1) is 10.3 Å². The van der Waals surface area contributed by atoms with E-state index in [-0.39, 0.29) is 18.2 Å². The highest BCUT2D eigenvalue weighted by Crippen LogP contribution is 2.54. The number of hydrogen-bond acceptors (Lipinski definition) is 4. The van der Waals surface area contributed by atoms with Crippen LogP contribution in [0.15, 0.2) is 24.3 Å². The Kier molecular flexibility index (Phi) is 2.59. The van der Waals surface area contributed by atoms with E-state index in [1.807, 2.05) is 0 Å². The van der Waals surface area contributed by atoms with Gasteiger partial charge in [-0.15, -0.1) is 0 Å². The van der Waals surface area contributed by atoms with Crippen LogP contribution in [0.2, 0.25) is 0 Å². The molecule has 0 aromatic heterocycles. The molecule has 1 aromatic rings. The fourth-order valence-corrected chi connectivity index (χ4v) is 2.24. The molecule has 2 atom stereocenters. The molecule has 0 saturated heterocycles. The lowest BCUT2D eigenvalue weighted by Crippen LogP contribution is -2.31. The summed E-state index contributed by atoms with van der Waals surface area (Å²) in [6.07, 6.45) is 0.444. The van der Waals surface area contributed by atoms with Gasteiger partial charge in [-0.2, -0.15) is 0 Å². The highest BCUT2D eigenvalue weighted by molar-refractivity contribution is 5.90. The predicted octanol–water partition coefficient (Wildman–Crippen LogP) is 0.330. The monoisotopic (exact) mass is 236 g/mol. The Morgan fingerprint density at radius 1 is 1.65 bits per heavy atom. The zero-order chi connectivity index (χ0) is 12.6. The Hall–Kier alpha value is -1.95. The van der Waals surface area contributed by atoms with Crippen molar-refractivity contribution < 1.29 is 14.8 Å². The van der Waals surface area contributed by atoms with Crippen molar-refractivity contribution >= 4 is 11.6 Å². The molecular weight excluding hydrogens is 224 g/mol. The summed E-state index contributed by atoms with van der Waals surface area (Å²) in [7, 11) is 0. The smallest absolute Gasteiger partial charge is 0.269 e. The molecule has 1 fully saturated rings. The highest BCUT2D eigenvalue weighted by atomic mass is 16.6. The number of aliphatic hydroxyl groups excluding tert-OH is 1. The van der Waals surface area contributed by atoms with Crippen molar-refractivity contribution in [3.63, 3.8) is 0 Å². The van der Waals surface area contributed by atoms with Crippen LogP contribution in [0.4, 0.5) is 5.69 Å². The molecule has 1 amide bonds. The van der Waals surface area contributed by atoms with Crippen molar-refractivity contribution in [2.24, 2.45) is 11.7 Å². The predicted molar refractivity (Wildman–Crippen MR) is 59.2 cm³/mol. The van der Waals surface area contributed by atoms with Crippen LogP contribution in [0.5, 0.6) is 0 Å². The van der Waals surface area contributed by atoms with E-state index in [0.717, 1.165) is 0 Å². The van der Waals surface area contributed by atoms with E-state index in [4.69, 9.17) is 10.8 Å². The molecule has 6 heteroatoms. The first-order valence-corrected chi connectivity index (χ1v) is 5.18. The first-order chi connectivity index (χ1) is 8.02. The van der Waals surface area contributed by atoms with E-state index < -0.39 is 16.2 Å². The summed E-state index contributed by atoms with van der Waals surface area (Å²) in [5.74, 6) is -0.779. The first kappa shape index (κ1) is 11.5. The number of aliphatic hydroxyl groups is 1. The number of rotatable bonds is 4. The molecule has 1 aromatic carbocycles. The number of nitrogens with two attached hydrogens (primary N) is 1. The molecule has 0 heterocycles. The maximum absolute atomic E-state index is 11.5. The van der Waals surface area contributed by atoms with Crippen molar-refractivity contribution in [3.05, 3.63) is 39.9 Å². The first-order valence-electron chi connectivity index (χ1n) is 5.18. The second-order valence-corrected chi connectivity index (χ2v) is 4.23. The van der Waals surface area contributed by atoms with Crippen LogP contribution in [-0.4, -0.2) is 22.5 Å². The van der Waals surface area contributed by atoms with Crippen molar-refractivity contribution in [3.8, 4) is 0 Å². The van der Waals surface area contributed by atoms with Crippen molar-refractivity contribution in [1.29, 1.82) is 0 Å². The third-order valence-electron chi connectivity index (χ3n) is 3.34. The molecule has 0 spiro atoms. The van der Waals surface area contributed by atoms with Crippen LogP contribution in [0.1, 0.15) is 12.0 Å². The number of amides is 1. The van der Waals surface area contributed by atoms with Gasteiger partial charge in [-0.05, 0) is 12.0 Å². The standard InChI is InChI=1S/C11H12N2O4/c12-10(15)11(5-8(11)6-14)7-2-1-3-9(4-7)13(16)17/h1-4,8,14H,5-6H2,(H2,12,15)/t8-,11+/m0/s1. The summed E-state index contributed by atoms with van der Waals surface area (Å²) < 4.78 is 0. The fraction of sp³-hybridized carbons (Fsp3) is 0.364. The van der Waals surface area contributed by atoms with Gasteiger partial charge in [0, 0.05) is 24.7 Å². The summed E-state index contributed by atoms with van der Waals surface area (Å²) >= 11 is 0. The second kappa shape index (κ2) is 3.81. The van der Waals surface area contributed by atoms with Gasteiger partial charge < -0.3 is 10.8 Å². The van der Waals surface area contributed by atoms with E-state index in [1.54, 1.807) is 6.07 Å². The molecule has 17 heavy (non-hydrogen) atoms. The van der Waals surface area contributed by atoms with Crippen LogP contribution in [0.25, 0.3) is 0 Å². The molecular formula is C11H12N2O4. The lowest BCUT2D eigenvalue weighted by molar-refractivity contribution is -0.384. The summed E-state index contributed by atoms with van der Waals surface area (Å²) in [6.45, 7) is -0.147. The summed E-state index contributed by atoms with van der Waals surface area (Å²) in [5.41, 5.74) is 4.84. The van der Waals surface area contributed by atoms with E-state index in [9.17, 15) is 14.9 Å². The van der Waals surface area contributed by atoms with Crippen molar-refractivity contribution in [1.82, 2.24) is 0 Å². The van der Waals surface area contributed by atoms with Crippen LogP contribution in [-0.2, 0) is 10.2 Å². The fourth-order valence-electron chi connectivity index (χ4n) is 2.24. The lowest BCUT2D eigenvalue weighted by atomic mass is 9.92. The van der Waals surface area contributed by atoms with Crippen molar-refractivity contribution in [2.75, 3.05) is 6.61 Å². The van der Waals surface area contributed by atoms with Crippen LogP contribution in [0.3, 0.4) is 0 Å². The summed E-state index contributed by atoms with van der Waals surface area (Å²) in [4.78, 5) is 21.6. The van der Waals surface area contributed by atoms with Crippen molar-refractivity contribution in [2.45, 2.75) is 11.8 Å². The van der Waals surface area contributed by atoms with E-state index >= 15 is 0 Å².